The fraction of sp³-hybridized carbons (Fsp3) is 0.200. The summed E-state index contributed by atoms with van der Waals surface area (Å²) >= 11 is 5.23. The van der Waals surface area contributed by atoms with Crippen LogP contribution in [0.4, 0.5) is 11.4 Å². The van der Waals surface area contributed by atoms with Gasteiger partial charge in [0.1, 0.15) is 11.5 Å². The summed E-state index contributed by atoms with van der Waals surface area (Å²) in [5.41, 5.74) is 1.76. The van der Waals surface area contributed by atoms with E-state index in [9.17, 15) is 14.9 Å². The summed E-state index contributed by atoms with van der Waals surface area (Å²) in [6, 6.07) is 10.4. The minimum atomic E-state index is -0.671. The Morgan fingerprint density at radius 2 is 1.97 bits per heavy atom. The van der Waals surface area contributed by atoms with Gasteiger partial charge in [0.25, 0.3) is 11.6 Å². The van der Waals surface area contributed by atoms with E-state index in [0.717, 1.165) is 0 Å². The van der Waals surface area contributed by atoms with Crippen molar-refractivity contribution in [1.29, 1.82) is 0 Å². The highest BCUT2D eigenvalue weighted by Gasteiger charge is 2.31. The molecule has 0 radical (unpaired) electrons. The highest BCUT2D eigenvalue weighted by atomic mass is 32.1. The van der Waals surface area contributed by atoms with Crippen molar-refractivity contribution < 1.29 is 19.2 Å². The van der Waals surface area contributed by atoms with Crippen molar-refractivity contribution in [2.75, 3.05) is 19.5 Å². The average molecular weight is 428 g/mol. The second kappa shape index (κ2) is 8.78. The fourth-order valence-corrected chi connectivity index (χ4v) is 3.44. The number of nitro benzene ring substituents is 1. The Morgan fingerprint density at radius 3 is 2.63 bits per heavy atom. The molecule has 3 rings (SSSR count). The predicted octanol–water partition coefficient (Wildman–Crippen LogP) is 3.04. The first-order valence-corrected chi connectivity index (χ1v) is 9.31. The summed E-state index contributed by atoms with van der Waals surface area (Å²) in [5.74, 6) is 0.590. The summed E-state index contributed by atoms with van der Waals surface area (Å²) in [6.45, 7) is 1.72. The Bertz CT molecular complexity index is 1050. The zero-order valence-electron chi connectivity index (χ0n) is 16.5. The van der Waals surface area contributed by atoms with Gasteiger partial charge in [-0.25, -0.2) is 0 Å². The number of rotatable bonds is 6. The first-order valence-electron chi connectivity index (χ1n) is 8.90. The number of carbonyl (C=O) groups is 1. The van der Waals surface area contributed by atoms with Crippen LogP contribution in [0.5, 0.6) is 11.5 Å². The lowest BCUT2D eigenvalue weighted by atomic mass is 9.94. The minimum Gasteiger partial charge on any atom is -0.497 e. The summed E-state index contributed by atoms with van der Waals surface area (Å²) in [5, 5.41) is 20.3. The third-order valence-electron chi connectivity index (χ3n) is 4.58. The third kappa shape index (κ3) is 4.33. The van der Waals surface area contributed by atoms with Crippen LogP contribution >= 0.6 is 12.2 Å². The van der Waals surface area contributed by atoms with E-state index in [2.05, 4.69) is 16.0 Å². The molecule has 30 heavy (non-hydrogen) atoms. The zero-order valence-corrected chi connectivity index (χ0v) is 17.3. The van der Waals surface area contributed by atoms with Crippen LogP contribution in [0.3, 0.4) is 0 Å². The topological polar surface area (TPSA) is 115 Å². The molecule has 0 unspecified atom stereocenters. The van der Waals surface area contributed by atoms with Crippen molar-refractivity contribution in [3.05, 3.63) is 69.4 Å². The summed E-state index contributed by atoms with van der Waals surface area (Å²) in [6.07, 6.45) is 0. The van der Waals surface area contributed by atoms with Gasteiger partial charge in [-0.3, -0.25) is 14.9 Å². The zero-order chi connectivity index (χ0) is 21.8. The molecule has 0 bridgehead atoms. The third-order valence-corrected chi connectivity index (χ3v) is 4.80. The molecule has 1 aliphatic rings. The largest absolute Gasteiger partial charge is 0.497 e. The number of allylic oxidation sites excluding steroid dienone is 1. The molecule has 0 saturated heterocycles. The number of nitro groups is 1. The molecular formula is C20H20N4O5S. The van der Waals surface area contributed by atoms with Crippen molar-refractivity contribution in [2.24, 2.45) is 0 Å². The number of ether oxygens (including phenoxy) is 2. The highest BCUT2D eigenvalue weighted by Crippen LogP contribution is 2.33. The van der Waals surface area contributed by atoms with E-state index in [-0.39, 0.29) is 5.69 Å². The molecule has 10 heteroatoms. The quantitative estimate of drug-likeness (QED) is 0.365. The number of benzene rings is 2. The first kappa shape index (κ1) is 21.1. The van der Waals surface area contributed by atoms with Crippen LogP contribution in [0.2, 0.25) is 0 Å². The van der Waals surface area contributed by atoms with Crippen molar-refractivity contribution in [3.63, 3.8) is 0 Å². The molecule has 1 aliphatic heterocycles. The Labute approximate surface area is 178 Å². The van der Waals surface area contributed by atoms with Crippen LogP contribution in [0.15, 0.2) is 53.7 Å². The number of anilines is 1. The van der Waals surface area contributed by atoms with Gasteiger partial charge in [0, 0.05) is 23.9 Å². The molecule has 156 valence electrons. The smallest absolute Gasteiger partial charge is 0.269 e. The number of hydrogen-bond acceptors (Lipinski definition) is 6. The van der Waals surface area contributed by atoms with E-state index in [1.807, 2.05) is 0 Å². The number of hydrogen-bond donors (Lipinski definition) is 3. The second-order valence-corrected chi connectivity index (χ2v) is 6.85. The summed E-state index contributed by atoms with van der Waals surface area (Å²) in [4.78, 5) is 23.9. The number of methoxy groups -OCH3 is 2. The van der Waals surface area contributed by atoms with Crippen LogP contribution in [0.25, 0.3) is 0 Å². The van der Waals surface area contributed by atoms with Crippen molar-refractivity contribution in [1.82, 2.24) is 10.6 Å². The number of nitrogens with zero attached hydrogens (tertiary/aromatic N) is 1. The van der Waals surface area contributed by atoms with Crippen LogP contribution in [0.1, 0.15) is 18.5 Å². The predicted molar refractivity (Wildman–Crippen MR) is 116 cm³/mol. The maximum Gasteiger partial charge on any atom is 0.269 e. The fourth-order valence-electron chi connectivity index (χ4n) is 3.16. The monoisotopic (exact) mass is 428 g/mol. The van der Waals surface area contributed by atoms with Gasteiger partial charge >= 0.3 is 0 Å². The highest BCUT2D eigenvalue weighted by molar-refractivity contribution is 7.80. The van der Waals surface area contributed by atoms with Crippen molar-refractivity contribution >= 4 is 34.6 Å². The molecule has 3 N–H and O–H groups in total. The van der Waals surface area contributed by atoms with Gasteiger partial charge < -0.3 is 25.4 Å². The van der Waals surface area contributed by atoms with E-state index in [1.54, 1.807) is 37.3 Å². The molecule has 0 fully saturated rings. The van der Waals surface area contributed by atoms with E-state index in [4.69, 9.17) is 21.7 Å². The van der Waals surface area contributed by atoms with Crippen molar-refractivity contribution in [2.45, 2.75) is 13.0 Å². The standard InChI is InChI=1S/C20H20N4O5S/c1-11-17(19(25)22-15-10-14(28-2)7-8-16(15)29-3)18(23-20(30)21-11)12-5-4-6-13(9-12)24(26)27/h4-10,18H,1-3H3,(H,22,25)(H2,21,23,30)/t18-/m0/s1. The van der Waals surface area contributed by atoms with Gasteiger partial charge in [-0.05, 0) is 36.8 Å². The summed E-state index contributed by atoms with van der Waals surface area (Å²) in [7, 11) is 3.02. The van der Waals surface area contributed by atoms with Gasteiger partial charge in [0.05, 0.1) is 36.4 Å². The number of nitrogens with one attached hydrogen (secondary N) is 3. The van der Waals surface area contributed by atoms with Crippen LogP contribution < -0.4 is 25.4 Å². The van der Waals surface area contributed by atoms with E-state index < -0.39 is 16.9 Å². The molecule has 1 amide bonds. The minimum absolute atomic E-state index is 0.0781. The van der Waals surface area contributed by atoms with E-state index in [1.165, 1.54) is 26.4 Å². The molecule has 0 saturated carbocycles. The van der Waals surface area contributed by atoms with E-state index >= 15 is 0 Å². The molecule has 9 nitrogen and oxygen atoms in total. The Morgan fingerprint density at radius 1 is 1.20 bits per heavy atom. The molecule has 1 atom stereocenters. The maximum atomic E-state index is 13.2. The van der Waals surface area contributed by atoms with Gasteiger partial charge in [0.15, 0.2) is 5.11 Å². The lowest BCUT2D eigenvalue weighted by Crippen LogP contribution is -2.45. The Hall–Kier alpha value is -3.66. The Balaban J connectivity index is 2.00. The average Bonchev–Trinajstić information content (AvgIpc) is 2.73. The summed E-state index contributed by atoms with van der Waals surface area (Å²) < 4.78 is 10.5. The molecule has 0 spiro atoms. The molecule has 0 aliphatic carbocycles. The Kier molecular flexibility index (Phi) is 6.17. The number of amides is 1. The van der Waals surface area contributed by atoms with Crippen LogP contribution in [-0.2, 0) is 4.79 Å². The van der Waals surface area contributed by atoms with Gasteiger partial charge in [-0.15, -0.1) is 0 Å². The molecule has 1 heterocycles. The lowest BCUT2D eigenvalue weighted by Gasteiger charge is -2.30. The van der Waals surface area contributed by atoms with Crippen molar-refractivity contribution in [3.8, 4) is 11.5 Å². The number of carbonyl (C=O) groups excluding carboxylic acids is 1. The first-order chi connectivity index (χ1) is 14.3. The maximum absolute atomic E-state index is 13.2. The van der Waals surface area contributed by atoms with Gasteiger partial charge in [-0.1, -0.05) is 12.1 Å². The molecule has 2 aromatic rings. The SMILES string of the molecule is COc1ccc(OC)c(NC(=O)C2=C(C)NC(=S)N[C@H]2c2cccc([N+](=O)[O-])c2)c1. The van der Waals surface area contributed by atoms with Gasteiger partial charge in [0.2, 0.25) is 0 Å². The normalized spacial score (nSPS) is 15.7. The number of thiocarbonyl (C=S) groups is 1. The lowest BCUT2D eigenvalue weighted by molar-refractivity contribution is -0.384. The molecular weight excluding hydrogens is 408 g/mol. The molecule has 0 aromatic heterocycles. The molecule has 2 aromatic carbocycles. The van der Waals surface area contributed by atoms with Crippen LogP contribution in [-0.4, -0.2) is 30.2 Å². The number of non-ortho nitro benzene ring substituents is 1. The van der Waals surface area contributed by atoms with Gasteiger partial charge in [-0.2, -0.15) is 0 Å². The van der Waals surface area contributed by atoms with Crippen LogP contribution in [0, 0.1) is 10.1 Å². The second-order valence-electron chi connectivity index (χ2n) is 6.44. The van der Waals surface area contributed by atoms with E-state index in [0.29, 0.717) is 39.1 Å².